The molecule has 1 aromatic heterocycles. The zero-order valence-electron chi connectivity index (χ0n) is 5.35. The standard InChI is InChI=1S/C5H4N3O3/c6-4-3(2-9)1-8(11)5(10)7-4/h1-2H,(H2,6,7,10)/q-1. The molecule has 0 saturated carbocycles. The third-order valence-electron chi connectivity index (χ3n) is 1.08. The first kappa shape index (κ1) is 7.26. The van der Waals surface area contributed by atoms with Crippen molar-refractivity contribution < 1.29 is 4.79 Å². The quantitative estimate of drug-likeness (QED) is 0.522. The average Bonchev–Trinajstić information content (AvgIpc) is 1.97. The van der Waals surface area contributed by atoms with Gasteiger partial charge in [0.1, 0.15) is 5.82 Å². The molecular formula is C5H4N3O3-. The highest BCUT2D eigenvalue weighted by molar-refractivity contribution is 5.80. The minimum absolute atomic E-state index is 0.0555. The topological polar surface area (TPSA) is 101 Å². The maximum absolute atomic E-state index is 10.5. The highest BCUT2D eigenvalue weighted by atomic mass is 16.5. The summed E-state index contributed by atoms with van der Waals surface area (Å²) in [6.07, 6.45) is 1.15. The summed E-state index contributed by atoms with van der Waals surface area (Å²) in [6.45, 7) is 0. The molecule has 6 nitrogen and oxygen atoms in total. The van der Waals surface area contributed by atoms with Crippen molar-refractivity contribution in [2.45, 2.75) is 0 Å². The van der Waals surface area contributed by atoms with Crippen molar-refractivity contribution in [3.8, 4) is 0 Å². The molecule has 0 bridgehead atoms. The molecule has 0 aliphatic heterocycles. The van der Waals surface area contributed by atoms with Crippen LogP contribution in [0.15, 0.2) is 11.0 Å². The molecule has 0 aromatic carbocycles. The Bertz CT molecular complexity index is 343. The van der Waals surface area contributed by atoms with Crippen molar-refractivity contribution >= 4 is 12.1 Å². The van der Waals surface area contributed by atoms with Gasteiger partial charge in [0.2, 0.25) is 0 Å². The zero-order valence-corrected chi connectivity index (χ0v) is 5.35. The molecule has 0 radical (unpaired) electrons. The number of hydrogen-bond acceptors (Lipinski definition) is 5. The van der Waals surface area contributed by atoms with E-state index in [0.717, 1.165) is 6.20 Å². The number of hydrogen-bond donors (Lipinski definition) is 1. The number of rotatable bonds is 1. The van der Waals surface area contributed by atoms with Crippen LogP contribution in [0, 0.1) is 5.21 Å². The van der Waals surface area contributed by atoms with Crippen LogP contribution in [0.1, 0.15) is 10.4 Å². The summed E-state index contributed by atoms with van der Waals surface area (Å²) in [5.41, 5.74) is 4.00. The molecular weight excluding hydrogens is 150 g/mol. The van der Waals surface area contributed by atoms with Crippen LogP contribution in [-0.2, 0) is 0 Å². The van der Waals surface area contributed by atoms with E-state index in [1.165, 1.54) is 0 Å². The molecule has 6 heteroatoms. The Labute approximate surface area is 60.9 Å². The Morgan fingerprint density at radius 1 is 1.73 bits per heavy atom. The van der Waals surface area contributed by atoms with Gasteiger partial charge in [-0.2, -0.15) is 4.98 Å². The van der Waals surface area contributed by atoms with Gasteiger partial charge in [-0.25, -0.2) is 4.79 Å². The highest BCUT2D eigenvalue weighted by Crippen LogP contribution is 1.98. The monoisotopic (exact) mass is 154 g/mol. The minimum atomic E-state index is -1.02. The Morgan fingerprint density at radius 2 is 2.36 bits per heavy atom. The first-order valence-electron chi connectivity index (χ1n) is 2.67. The van der Waals surface area contributed by atoms with Crippen LogP contribution in [-0.4, -0.2) is 16.0 Å². The normalized spacial score (nSPS) is 9.45. The van der Waals surface area contributed by atoms with Crippen LogP contribution in [0.4, 0.5) is 5.82 Å². The summed E-state index contributed by atoms with van der Waals surface area (Å²) in [4.78, 5) is 23.7. The van der Waals surface area contributed by atoms with Crippen molar-refractivity contribution in [2.75, 3.05) is 5.73 Å². The van der Waals surface area contributed by atoms with E-state index in [9.17, 15) is 14.8 Å². The second-order valence-corrected chi connectivity index (χ2v) is 1.81. The van der Waals surface area contributed by atoms with Gasteiger partial charge >= 0.3 is 5.69 Å². The fourth-order valence-corrected chi connectivity index (χ4v) is 0.555. The Kier molecular flexibility index (Phi) is 1.59. The average molecular weight is 154 g/mol. The van der Waals surface area contributed by atoms with Gasteiger partial charge in [-0.05, 0) is 0 Å². The van der Waals surface area contributed by atoms with E-state index in [2.05, 4.69) is 4.98 Å². The third-order valence-corrected chi connectivity index (χ3v) is 1.08. The van der Waals surface area contributed by atoms with Gasteiger partial charge in [0, 0.05) is 6.20 Å². The maximum Gasteiger partial charge on any atom is 0.344 e. The van der Waals surface area contributed by atoms with Crippen molar-refractivity contribution in [2.24, 2.45) is 0 Å². The molecule has 1 rings (SSSR count). The number of nitrogens with zero attached hydrogens (tertiary/aromatic N) is 2. The number of aldehydes is 1. The van der Waals surface area contributed by atoms with E-state index < -0.39 is 5.69 Å². The summed E-state index contributed by atoms with van der Waals surface area (Å²) in [7, 11) is 0. The number of carbonyl (C=O) groups is 1. The van der Waals surface area contributed by atoms with Gasteiger partial charge in [-0.15, -0.1) is 0 Å². The van der Waals surface area contributed by atoms with Crippen molar-refractivity contribution in [3.63, 3.8) is 0 Å². The number of nitrogens with two attached hydrogens (primary N) is 1. The lowest BCUT2D eigenvalue weighted by molar-refractivity contribution is 0.112. The van der Waals surface area contributed by atoms with E-state index in [4.69, 9.17) is 5.73 Å². The molecule has 0 atom stereocenters. The van der Waals surface area contributed by atoms with Gasteiger partial charge in [-0.1, -0.05) is 0 Å². The van der Waals surface area contributed by atoms with Gasteiger partial charge in [0.25, 0.3) is 0 Å². The van der Waals surface area contributed by atoms with E-state index in [1.54, 1.807) is 0 Å². The van der Waals surface area contributed by atoms with Gasteiger partial charge in [-0.3, -0.25) is 4.79 Å². The molecule has 0 amide bonds. The molecule has 0 spiro atoms. The molecule has 11 heavy (non-hydrogen) atoms. The second kappa shape index (κ2) is 2.41. The molecule has 0 aliphatic rings. The summed E-state index contributed by atoms with van der Waals surface area (Å²) in [5, 5.41) is 10.5. The van der Waals surface area contributed by atoms with Crippen LogP contribution >= 0.6 is 0 Å². The van der Waals surface area contributed by atoms with Gasteiger partial charge < -0.3 is 15.7 Å². The van der Waals surface area contributed by atoms with Crippen LogP contribution in [0.3, 0.4) is 0 Å². The number of carbonyl (C=O) groups excluding carboxylic acids is 1. The SMILES string of the molecule is Nc1nc(=O)n([O-])cc1C=O. The first-order chi connectivity index (χ1) is 5.15. The molecule has 0 fully saturated rings. The van der Waals surface area contributed by atoms with Crippen LogP contribution < -0.4 is 11.4 Å². The lowest BCUT2D eigenvalue weighted by Gasteiger charge is -2.07. The minimum Gasteiger partial charge on any atom is -0.802 e. The number of nitrogen functional groups attached to an aromatic ring is 1. The van der Waals surface area contributed by atoms with Gasteiger partial charge in [0.15, 0.2) is 6.29 Å². The van der Waals surface area contributed by atoms with Crippen molar-refractivity contribution in [1.82, 2.24) is 9.71 Å². The summed E-state index contributed by atoms with van der Waals surface area (Å²) >= 11 is 0. The fourth-order valence-electron chi connectivity index (χ4n) is 0.555. The number of aromatic nitrogens is 2. The molecule has 0 aliphatic carbocycles. The summed E-state index contributed by atoms with van der Waals surface area (Å²) < 4.78 is -0.0555. The maximum atomic E-state index is 10.5. The first-order valence-corrected chi connectivity index (χ1v) is 2.67. The van der Waals surface area contributed by atoms with E-state index in [-0.39, 0.29) is 16.1 Å². The molecule has 0 saturated heterocycles. The lowest BCUT2D eigenvalue weighted by atomic mass is 10.3. The van der Waals surface area contributed by atoms with Crippen LogP contribution in [0.25, 0.3) is 0 Å². The van der Waals surface area contributed by atoms with Gasteiger partial charge in [0.05, 0.1) is 5.56 Å². The van der Waals surface area contributed by atoms with Crippen LogP contribution in [0.5, 0.6) is 0 Å². The Hall–Kier alpha value is -1.85. The summed E-state index contributed by atoms with van der Waals surface area (Å²) in [6, 6.07) is 0. The fraction of sp³-hybridized carbons (Fsp3) is 0. The van der Waals surface area contributed by atoms with E-state index in [0.29, 0.717) is 6.29 Å². The molecule has 0 unspecified atom stereocenters. The third kappa shape index (κ3) is 1.18. The molecule has 1 aromatic rings. The lowest BCUT2D eigenvalue weighted by Crippen LogP contribution is -2.21. The molecule has 1 heterocycles. The second-order valence-electron chi connectivity index (χ2n) is 1.81. The Morgan fingerprint density at radius 3 is 2.91 bits per heavy atom. The largest absolute Gasteiger partial charge is 0.802 e. The van der Waals surface area contributed by atoms with Crippen molar-refractivity contribution in [1.29, 1.82) is 0 Å². The smallest absolute Gasteiger partial charge is 0.344 e. The highest BCUT2D eigenvalue weighted by Gasteiger charge is 1.98. The zero-order chi connectivity index (χ0) is 8.43. The van der Waals surface area contributed by atoms with Crippen molar-refractivity contribution in [3.05, 3.63) is 27.5 Å². The van der Waals surface area contributed by atoms with E-state index in [1.807, 2.05) is 0 Å². The predicted molar refractivity (Wildman–Crippen MR) is 37.1 cm³/mol. The van der Waals surface area contributed by atoms with Crippen LogP contribution in [0.2, 0.25) is 0 Å². The molecule has 58 valence electrons. The predicted octanol–water partition coefficient (Wildman–Crippen LogP) is -1.02. The Balaban J connectivity index is 3.43. The van der Waals surface area contributed by atoms with E-state index >= 15 is 0 Å². The summed E-state index contributed by atoms with van der Waals surface area (Å²) in [5.74, 6) is -0.225. The molecule has 2 N–H and O–H groups in total. The number of anilines is 1.